The van der Waals surface area contributed by atoms with E-state index in [0.717, 1.165) is 17.1 Å². The zero-order chi connectivity index (χ0) is 15.2. The van der Waals surface area contributed by atoms with Gasteiger partial charge >= 0.3 is 6.03 Å². The maximum Gasteiger partial charge on any atom is 0.317 e. The highest BCUT2D eigenvalue weighted by Gasteiger charge is 2.06. The van der Waals surface area contributed by atoms with Crippen LogP contribution in [0.25, 0.3) is 11.2 Å². The summed E-state index contributed by atoms with van der Waals surface area (Å²) in [5, 5.41) is 2.36. The van der Waals surface area contributed by atoms with E-state index in [-0.39, 0.29) is 0 Å². The van der Waals surface area contributed by atoms with Crippen LogP contribution in [0.1, 0.15) is 39.0 Å². The number of fused-ring (bicyclic) bond motifs is 1. The van der Waals surface area contributed by atoms with Crippen LogP contribution in [-0.4, -0.2) is 20.6 Å². The van der Waals surface area contributed by atoms with Gasteiger partial charge in [0.05, 0.1) is 6.20 Å². The first-order valence-electron chi connectivity index (χ1n) is 7.41. The SMILES string of the molecule is CC1CCCCC1.Cn1ccc2nc(NC(N)=O)cnc21. The number of rotatable bonds is 1. The number of nitrogens with zero attached hydrogens (tertiary/aromatic N) is 3. The zero-order valence-electron chi connectivity index (χ0n) is 12.7. The molecule has 6 nitrogen and oxygen atoms in total. The number of nitrogens with one attached hydrogen (secondary N) is 1. The fourth-order valence-electron chi connectivity index (χ4n) is 2.53. The van der Waals surface area contributed by atoms with Crippen molar-refractivity contribution in [2.45, 2.75) is 39.0 Å². The van der Waals surface area contributed by atoms with Crippen molar-refractivity contribution in [1.82, 2.24) is 14.5 Å². The van der Waals surface area contributed by atoms with Crippen molar-refractivity contribution in [3.05, 3.63) is 18.5 Å². The summed E-state index contributed by atoms with van der Waals surface area (Å²) in [6, 6.07) is 1.17. The minimum absolute atomic E-state index is 0.358. The van der Waals surface area contributed by atoms with Crippen LogP contribution in [0.3, 0.4) is 0 Å². The number of nitrogens with two attached hydrogens (primary N) is 1. The van der Waals surface area contributed by atoms with Crippen molar-refractivity contribution in [2.75, 3.05) is 5.32 Å². The van der Waals surface area contributed by atoms with E-state index in [0.29, 0.717) is 5.82 Å². The first-order valence-corrected chi connectivity index (χ1v) is 7.41. The Morgan fingerprint density at radius 1 is 1.38 bits per heavy atom. The summed E-state index contributed by atoms with van der Waals surface area (Å²) in [4.78, 5) is 18.8. The van der Waals surface area contributed by atoms with E-state index in [2.05, 4.69) is 22.2 Å². The van der Waals surface area contributed by atoms with E-state index in [1.807, 2.05) is 23.9 Å². The maximum atomic E-state index is 10.5. The van der Waals surface area contributed by atoms with E-state index in [1.54, 1.807) is 0 Å². The van der Waals surface area contributed by atoms with Gasteiger partial charge in [0.15, 0.2) is 11.5 Å². The molecule has 0 bridgehead atoms. The van der Waals surface area contributed by atoms with Crippen molar-refractivity contribution in [3.8, 4) is 0 Å². The molecule has 0 aliphatic heterocycles. The van der Waals surface area contributed by atoms with Gasteiger partial charge in [-0.05, 0) is 12.0 Å². The maximum absolute atomic E-state index is 10.5. The molecule has 1 saturated carbocycles. The highest BCUT2D eigenvalue weighted by Crippen LogP contribution is 2.22. The summed E-state index contributed by atoms with van der Waals surface area (Å²) in [6.07, 6.45) is 10.7. The van der Waals surface area contributed by atoms with E-state index in [1.165, 1.54) is 38.3 Å². The Hall–Kier alpha value is -2.11. The molecular weight excluding hydrogens is 266 g/mol. The van der Waals surface area contributed by atoms with Gasteiger partial charge in [0.2, 0.25) is 0 Å². The predicted octanol–water partition coefficient (Wildman–Crippen LogP) is 3.05. The van der Waals surface area contributed by atoms with Gasteiger partial charge in [-0.3, -0.25) is 5.32 Å². The van der Waals surface area contributed by atoms with Crippen molar-refractivity contribution in [1.29, 1.82) is 0 Å². The largest absolute Gasteiger partial charge is 0.351 e. The van der Waals surface area contributed by atoms with Crippen LogP contribution in [-0.2, 0) is 7.05 Å². The lowest BCUT2D eigenvalue weighted by Crippen LogP contribution is -2.20. The molecule has 0 radical (unpaired) electrons. The number of hydrogen-bond donors (Lipinski definition) is 2. The number of carbonyl (C=O) groups is 1. The standard InChI is InChI=1S/C8H9N5O.C7H14/c1-13-3-2-5-7(13)10-4-6(11-5)12-8(9)14;1-7-5-3-2-4-6-7/h2-4H,1H3,(H3,9,11,12,14);7H,2-6H2,1H3. The molecule has 3 rings (SSSR count). The Morgan fingerprint density at radius 2 is 2.10 bits per heavy atom. The third kappa shape index (κ3) is 4.44. The van der Waals surface area contributed by atoms with Gasteiger partial charge in [-0.1, -0.05) is 39.0 Å². The smallest absolute Gasteiger partial charge is 0.317 e. The van der Waals surface area contributed by atoms with Gasteiger partial charge in [-0.15, -0.1) is 0 Å². The minimum atomic E-state index is -0.644. The van der Waals surface area contributed by atoms with Crippen LogP contribution < -0.4 is 11.1 Å². The van der Waals surface area contributed by atoms with Gasteiger partial charge < -0.3 is 10.3 Å². The first-order chi connectivity index (χ1) is 10.1. The molecule has 1 aliphatic carbocycles. The molecule has 0 unspecified atom stereocenters. The van der Waals surface area contributed by atoms with Gasteiger partial charge in [0.25, 0.3) is 0 Å². The lowest BCUT2D eigenvalue weighted by Gasteiger charge is -2.15. The molecule has 0 spiro atoms. The van der Waals surface area contributed by atoms with Crippen molar-refractivity contribution < 1.29 is 4.79 Å². The fourth-order valence-corrected chi connectivity index (χ4v) is 2.53. The zero-order valence-corrected chi connectivity index (χ0v) is 12.7. The van der Waals surface area contributed by atoms with Gasteiger partial charge in [0.1, 0.15) is 5.52 Å². The molecule has 2 heterocycles. The van der Waals surface area contributed by atoms with Crippen molar-refractivity contribution >= 4 is 23.0 Å². The lowest BCUT2D eigenvalue weighted by molar-refractivity contribution is 0.259. The summed E-state index contributed by atoms with van der Waals surface area (Å²) in [5.41, 5.74) is 6.44. The molecular formula is C15H23N5O. The Labute approximate surface area is 124 Å². The topological polar surface area (TPSA) is 85.8 Å². The molecule has 21 heavy (non-hydrogen) atoms. The van der Waals surface area contributed by atoms with Crippen molar-refractivity contribution in [2.24, 2.45) is 18.7 Å². The number of aryl methyl sites for hydroxylation is 1. The monoisotopic (exact) mass is 289 g/mol. The van der Waals surface area contributed by atoms with E-state index >= 15 is 0 Å². The summed E-state index contributed by atoms with van der Waals surface area (Å²) < 4.78 is 1.84. The van der Waals surface area contributed by atoms with Crippen LogP contribution in [0.15, 0.2) is 18.5 Å². The molecule has 1 fully saturated rings. The molecule has 1 aliphatic rings. The highest BCUT2D eigenvalue weighted by molar-refractivity contribution is 5.87. The van der Waals surface area contributed by atoms with Crippen LogP contribution >= 0.6 is 0 Å². The van der Waals surface area contributed by atoms with Crippen LogP contribution in [0.5, 0.6) is 0 Å². The second kappa shape index (κ2) is 7.06. The number of amides is 2. The second-order valence-electron chi connectivity index (χ2n) is 5.62. The second-order valence-corrected chi connectivity index (χ2v) is 5.62. The summed E-state index contributed by atoms with van der Waals surface area (Å²) in [7, 11) is 1.87. The molecule has 6 heteroatoms. The number of anilines is 1. The predicted molar refractivity (Wildman–Crippen MR) is 84.0 cm³/mol. The average Bonchev–Trinajstić information content (AvgIpc) is 2.81. The quantitative estimate of drug-likeness (QED) is 0.846. The van der Waals surface area contributed by atoms with Gasteiger partial charge in [0, 0.05) is 13.2 Å². The third-order valence-corrected chi connectivity index (χ3v) is 3.71. The fraction of sp³-hybridized carbons (Fsp3) is 0.533. The van der Waals surface area contributed by atoms with E-state index in [9.17, 15) is 4.79 Å². The summed E-state index contributed by atoms with van der Waals surface area (Å²) in [5.74, 6) is 1.39. The normalized spacial score (nSPS) is 15.3. The highest BCUT2D eigenvalue weighted by atomic mass is 16.2. The Balaban J connectivity index is 0.000000194. The number of hydrogen-bond acceptors (Lipinski definition) is 3. The lowest BCUT2D eigenvalue weighted by atomic mass is 9.91. The van der Waals surface area contributed by atoms with E-state index in [4.69, 9.17) is 5.73 Å². The molecule has 3 N–H and O–H groups in total. The number of aromatic nitrogens is 3. The van der Waals surface area contributed by atoms with Crippen LogP contribution in [0.4, 0.5) is 10.6 Å². The minimum Gasteiger partial charge on any atom is -0.351 e. The van der Waals surface area contributed by atoms with E-state index < -0.39 is 6.03 Å². The number of urea groups is 1. The average molecular weight is 289 g/mol. The van der Waals surface area contributed by atoms with Crippen molar-refractivity contribution in [3.63, 3.8) is 0 Å². The number of carbonyl (C=O) groups excluding carboxylic acids is 1. The van der Waals surface area contributed by atoms with Crippen LogP contribution in [0.2, 0.25) is 0 Å². The molecule has 0 saturated heterocycles. The van der Waals surface area contributed by atoms with Crippen LogP contribution in [0, 0.1) is 5.92 Å². The molecule has 2 amide bonds. The molecule has 0 aromatic carbocycles. The van der Waals surface area contributed by atoms with Gasteiger partial charge in [-0.2, -0.15) is 0 Å². The Morgan fingerprint density at radius 3 is 2.67 bits per heavy atom. The summed E-state index contributed by atoms with van der Waals surface area (Å²) in [6.45, 7) is 2.36. The summed E-state index contributed by atoms with van der Waals surface area (Å²) >= 11 is 0. The Kier molecular flexibility index (Phi) is 5.14. The molecule has 114 valence electrons. The Bertz CT molecular complexity index is 601. The first kappa shape index (κ1) is 15.3. The molecule has 2 aromatic heterocycles. The molecule has 0 atom stereocenters. The number of primary amides is 1. The molecule has 2 aromatic rings. The van der Waals surface area contributed by atoms with Gasteiger partial charge in [-0.25, -0.2) is 14.8 Å². The third-order valence-electron chi connectivity index (χ3n) is 3.71.